The van der Waals surface area contributed by atoms with Gasteiger partial charge in [-0.1, -0.05) is 19.3 Å². The zero-order chi connectivity index (χ0) is 18.0. The number of carboxylic acid groups (broad SMARTS) is 1. The molecule has 134 valence electrons. The van der Waals surface area contributed by atoms with Gasteiger partial charge in [0.15, 0.2) is 0 Å². The third kappa shape index (κ3) is 3.38. The van der Waals surface area contributed by atoms with Crippen LogP contribution < -0.4 is 10.2 Å². The van der Waals surface area contributed by atoms with Gasteiger partial charge >= 0.3 is 5.97 Å². The van der Waals surface area contributed by atoms with Crippen LogP contribution in [-0.4, -0.2) is 36.5 Å². The van der Waals surface area contributed by atoms with Crippen molar-refractivity contribution in [2.45, 2.75) is 44.9 Å². The highest BCUT2D eigenvalue weighted by atomic mass is 16.4. The van der Waals surface area contributed by atoms with E-state index in [1.807, 2.05) is 6.07 Å². The number of fused-ring (bicyclic) bond motifs is 1. The van der Waals surface area contributed by atoms with Gasteiger partial charge in [0.25, 0.3) is 5.91 Å². The number of hydrogen-bond acceptors (Lipinski definition) is 3. The third-order valence-electron chi connectivity index (χ3n) is 5.54. The maximum absolute atomic E-state index is 12.5. The monoisotopic (exact) mass is 344 g/mol. The molecule has 1 saturated carbocycles. The number of aryl methyl sites for hydroxylation is 1. The molecule has 1 aromatic rings. The summed E-state index contributed by atoms with van der Waals surface area (Å²) in [6.45, 7) is 0.163. The summed E-state index contributed by atoms with van der Waals surface area (Å²) < 4.78 is 0. The van der Waals surface area contributed by atoms with E-state index in [1.54, 1.807) is 24.1 Å². The summed E-state index contributed by atoms with van der Waals surface area (Å²) in [5.41, 5.74) is 1.48. The topological polar surface area (TPSA) is 86.7 Å². The van der Waals surface area contributed by atoms with Crippen molar-refractivity contribution in [3.63, 3.8) is 0 Å². The van der Waals surface area contributed by atoms with Crippen LogP contribution in [0.5, 0.6) is 0 Å². The first kappa shape index (κ1) is 17.5. The van der Waals surface area contributed by atoms with Gasteiger partial charge in [0, 0.05) is 31.3 Å². The molecule has 1 aromatic carbocycles. The standard InChI is InChI=1S/C19H24N2O4/c1-21-15-7-5-14(11-13(15)6-8-16(21)22)17(23)20-12-19(18(24)25)9-3-2-4-10-19/h5,7,11H,2-4,6,8-10,12H2,1H3,(H,20,23)(H,24,25). The number of benzene rings is 1. The van der Waals surface area contributed by atoms with Gasteiger partial charge < -0.3 is 15.3 Å². The van der Waals surface area contributed by atoms with Crippen molar-refractivity contribution >= 4 is 23.5 Å². The number of hydrogen-bond donors (Lipinski definition) is 2. The molecule has 0 saturated heterocycles. The van der Waals surface area contributed by atoms with Gasteiger partial charge in [-0.2, -0.15) is 0 Å². The van der Waals surface area contributed by atoms with Crippen molar-refractivity contribution in [1.82, 2.24) is 5.32 Å². The molecule has 2 N–H and O–H groups in total. The van der Waals surface area contributed by atoms with Crippen LogP contribution in [0.2, 0.25) is 0 Å². The Bertz CT molecular complexity index is 707. The predicted octanol–water partition coefficient (Wildman–Crippen LogP) is 2.36. The van der Waals surface area contributed by atoms with E-state index in [0.29, 0.717) is 31.2 Å². The normalized spacial score (nSPS) is 19.2. The molecule has 25 heavy (non-hydrogen) atoms. The molecule has 6 nitrogen and oxygen atoms in total. The van der Waals surface area contributed by atoms with Crippen molar-refractivity contribution in [3.05, 3.63) is 29.3 Å². The summed E-state index contributed by atoms with van der Waals surface area (Å²) in [6, 6.07) is 5.29. The second-order valence-electron chi connectivity index (χ2n) is 7.13. The van der Waals surface area contributed by atoms with Crippen molar-refractivity contribution in [2.75, 3.05) is 18.5 Å². The van der Waals surface area contributed by atoms with E-state index in [4.69, 9.17) is 0 Å². The van der Waals surface area contributed by atoms with Crippen LogP contribution in [0.4, 0.5) is 5.69 Å². The summed E-state index contributed by atoms with van der Waals surface area (Å²) in [4.78, 5) is 37.6. The average molecular weight is 344 g/mol. The molecule has 1 aliphatic carbocycles. The minimum Gasteiger partial charge on any atom is -0.481 e. The van der Waals surface area contributed by atoms with Crippen molar-refractivity contribution in [1.29, 1.82) is 0 Å². The molecule has 0 spiro atoms. The van der Waals surface area contributed by atoms with Gasteiger partial charge in [0.2, 0.25) is 5.91 Å². The van der Waals surface area contributed by atoms with E-state index in [9.17, 15) is 19.5 Å². The summed E-state index contributed by atoms with van der Waals surface area (Å²) in [7, 11) is 1.74. The molecular formula is C19H24N2O4. The highest BCUT2D eigenvalue weighted by molar-refractivity contribution is 5.99. The summed E-state index contributed by atoms with van der Waals surface area (Å²) in [5.74, 6) is -1.00. The summed E-state index contributed by atoms with van der Waals surface area (Å²) in [5, 5.41) is 12.4. The average Bonchev–Trinajstić information content (AvgIpc) is 2.63. The molecule has 2 aliphatic rings. The Morgan fingerprint density at radius 1 is 1.20 bits per heavy atom. The van der Waals surface area contributed by atoms with Crippen LogP contribution in [0.3, 0.4) is 0 Å². The number of aliphatic carboxylic acids is 1. The molecule has 2 amide bonds. The number of rotatable bonds is 4. The first-order valence-electron chi connectivity index (χ1n) is 8.84. The van der Waals surface area contributed by atoms with Crippen LogP contribution >= 0.6 is 0 Å². The number of nitrogens with one attached hydrogen (secondary N) is 1. The Labute approximate surface area is 147 Å². The first-order chi connectivity index (χ1) is 11.9. The predicted molar refractivity (Wildman–Crippen MR) is 93.7 cm³/mol. The lowest BCUT2D eigenvalue weighted by atomic mass is 9.74. The van der Waals surface area contributed by atoms with Gasteiger partial charge in [-0.25, -0.2) is 0 Å². The molecule has 1 aliphatic heterocycles. The van der Waals surface area contributed by atoms with Crippen LogP contribution in [0.25, 0.3) is 0 Å². The Kier molecular flexibility index (Phi) is 4.79. The van der Waals surface area contributed by atoms with Gasteiger partial charge in [-0.05, 0) is 43.0 Å². The molecule has 0 radical (unpaired) electrons. The maximum Gasteiger partial charge on any atom is 0.311 e. The van der Waals surface area contributed by atoms with Crippen LogP contribution in [0.1, 0.15) is 54.4 Å². The molecular weight excluding hydrogens is 320 g/mol. The quantitative estimate of drug-likeness (QED) is 0.878. The third-order valence-corrected chi connectivity index (χ3v) is 5.54. The zero-order valence-electron chi connectivity index (χ0n) is 14.5. The van der Waals surface area contributed by atoms with E-state index in [0.717, 1.165) is 30.5 Å². The molecule has 0 unspecified atom stereocenters. The fraction of sp³-hybridized carbons (Fsp3) is 0.526. The van der Waals surface area contributed by atoms with Gasteiger partial charge in [0.05, 0.1) is 5.41 Å². The Hall–Kier alpha value is -2.37. The number of amides is 2. The SMILES string of the molecule is CN1C(=O)CCc2cc(C(=O)NCC3(C(=O)O)CCCCC3)ccc21. The van der Waals surface area contributed by atoms with Gasteiger partial charge in [-0.15, -0.1) is 0 Å². The van der Waals surface area contributed by atoms with Crippen LogP contribution in [0.15, 0.2) is 18.2 Å². The van der Waals surface area contributed by atoms with Crippen molar-refractivity contribution in [2.24, 2.45) is 5.41 Å². The van der Waals surface area contributed by atoms with Crippen LogP contribution in [0, 0.1) is 5.41 Å². The zero-order valence-corrected chi connectivity index (χ0v) is 14.5. The highest BCUT2D eigenvalue weighted by Gasteiger charge is 2.39. The number of carbonyl (C=O) groups excluding carboxylic acids is 2. The van der Waals surface area contributed by atoms with Gasteiger partial charge in [-0.3, -0.25) is 14.4 Å². The van der Waals surface area contributed by atoms with Crippen LogP contribution in [-0.2, 0) is 16.0 Å². The lowest BCUT2D eigenvalue weighted by Gasteiger charge is -2.33. The maximum atomic E-state index is 12.5. The molecule has 0 bridgehead atoms. The second kappa shape index (κ2) is 6.86. The summed E-state index contributed by atoms with van der Waals surface area (Å²) >= 11 is 0. The fourth-order valence-electron chi connectivity index (χ4n) is 3.84. The smallest absolute Gasteiger partial charge is 0.311 e. The first-order valence-corrected chi connectivity index (χ1v) is 8.84. The van der Waals surface area contributed by atoms with E-state index in [-0.39, 0.29) is 18.4 Å². The minimum atomic E-state index is -0.839. The molecule has 0 atom stereocenters. The largest absolute Gasteiger partial charge is 0.481 e. The Morgan fingerprint density at radius 3 is 2.60 bits per heavy atom. The number of carbonyl (C=O) groups is 3. The van der Waals surface area contributed by atoms with E-state index in [1.165, 1.54) is 0 Å². The molecule has 1 heterocycles. The number of carboxylic acids is 1. The van der Waals surface area contributed by atoms with Crippen molar-refractivity contribution < 1.29 is 19.5 Å². The molecule has 0 aromatic heterocycles. The van der Waals surface area contributed by atoms with Crippen molar-refractivity contribution in [3.8, 4) is 0 Å². The molecule has 3 rings (SSSR count). The van der Waals surface area contributed by atoms with E-state index in [2.05, 4.69) is 5.32 Å². The lowest BCUT2D eigenvalue weighted by Crippen LogP contribution is -2.44. The lowest BCUT2D eigenvalue weighted by molar-refractivity contribution is -0.150. The molecule has 6 heteroatoms. The van der Waals surface area contributed by atoms with Gasteiger partial charge in [0.1, 0.15) is 0 Å². The summed E-state index contributed by atoms with van der Waals surface area (Å²) in [6.07, 6.45) is 5.12. The van der Waals surface area contributed by atoms with E-state index >= 15 is 0 Å². The minimum absolute atomic E-state index is 0.0744. The number of nitrogens with zero attached hydrogens (tertiary/aromatic N) is 1. The Balaban J connectivity index is 1.71. The Morgan fingerprint density at radius 2 is 1.92 bits per heavy atom. The van der Waals surface area contributed by atoms with E-state index < -0.39 is 11.4 Å². The second-order valence-corrected chi connectivity index (χ2v) is 7.13. The highest BCUT2D eigenvalue weighted by Crippen LogP contribution is 2.36. The number of anilines is 1. The fourth-order valence-corrected chi connectivity index (χ4v) is 3.84. The molecule has 1 fully saturated rings.